The van der Waals surface area contributed by atoms with Gasteiger partial charge in [-0.25, -0.2) is 8.42 Å². The number of carbonyl (C=O) groups excluding carboxylic acids is 1. The fraction of sp³-hybridized carbons (Fsp3) is 0.381. The van der Waals surface area contributed by atoms with E-state index in [2.05, 4.69) is 5.32 Å². The Bertz CT molecular complexity index is 984. The lowest BCUT2D eigenvalue weighted by Gasteiger charge is -2.24. The third kappa shape index (κ3) is 7.84. The normalized spacial score (nSPS) is 11.0. The molecule has 0 atom stereocenters. The van der Waals surface area contributed by atoms with Crippen molar-refractivity contribution in [1.29, 1.82) is 0 Å². The Morgan fingerprint density at radius 3 is 2.52 bits per heavy atom. The number of hydrogen-bond acceptors (Lipinski definition) is 6. The van der Waals surface area contributed by atoms with Crippen LogP contribution in [0.5, 0.6) is 17.2 Å². The van der Waals surface area contributed by atoms with Crippen LogP contribution in [0, 0.1) is 0 Å². The van der Waals surface area contributed by atoms with E-state index in [-0.39, 0.29) is 18.9 Å². The summed E-state index contributed by atoms with van der Waals surface area (Å²) in [6, 6.07) is 11.9. The average Bonchev–Trinajstić information content (AvgIpc) is 2.73. The molecule has 2 aromatic carbocycles. The van der Waals surface area contributed by atoms with Crippen LogP contribution in [-0.4, -0.2) is 54.5 Å². The van der Waals surface area contributed by atoms with Crippen LogP contribution in [0.3, 0.4) is 0 Å². The Morgan fingerprint density at radius 1 is 1.10 bits per heavy atom. The van der Waals surface area contributed by atoms with E-state index in [4.69, 9.17) is 25.8 Å². The highest BCUT2D eigenvalue weighted by Gasteiger charge is 2.21. The summed E-state index contributed by atoms with van der Waals surface area (Å²) >= 11 is 6.02. The van der Waals surface area contributed by atoms with Gasteiger partial charge < -0.3 is 19.5 Å². The number of halogens is 1. The zero-order valence-electron chi connectivity index (χ0n) is 17.8. The first-order valence-electron chi connectivity index (χ1n) is 9.59. The first-order chi connectivity index (χ1) is 14.7. The van der Waals surface area contributed by atoms with Crippen LogP contribution in [0.15, 0.2) is 42.5 Å². The van der Waals surface area contributed by atoms with Gasteiger partial charge in [-0.2, -0.15) is 0 Å². The van der Waals surface area contributed by atoms with Gasteiger partial charge in [0.1, 0.15) is 23.9 Å². The van der Waals surface area contributed by atoms with E-state index in [1.54, 1.807) is 31.4 Å². The number of amides is 1. The van der Waals surface area contributed by atoms with Gasteiger partial charge in [0.05, 0.1) is 32.7 Å². The number of nitrogens with zero attached hydrogens (tertiary/aromatic N) is 1. The van der Waals surface area contributed by atoms with Crippen molar-refractivity contribution >= 4 is 33.2 Å². The lowest BCUT2D eigenvalue weighted by atomic mass is 10.2. The van der Waals surface area contributed by atoms with Crippen molar-refractivity contribution in [3.05, 3.63) is 47.5 Å². The molecule has 0 saturated heterocycles. The van der Waals surface area contributed by atoms with Crippen molar-refractivity contribution in [2.24, 2.45) is 0 Å². The molecule has 2 aromatic rings. The molecule has 31 heavy (non-hydrogen) atoms. The molecule has 8 nitrogen and oxygen atoms in total. The number of carbonyl (C=O) groups is 1. The van der Waals surface area contributed by atoms with Crippen molar-refractivity contribution in [3.63, 3.8) is 0 Å². The summed E-state index contributed by atoms with van der Waals surface area (Å²) in [5, 5.41) is 3.14. The van der Waals surface area contributed by atoms with Gasteiger partial charge in [-0.3, -0.25) is 9.10 Å². The van der Waals surface area contributed by atoms with Crippen LogP contribution in [0.1, 0.15) is 12.8 Å². The number of rotatable bonds is 12. The number of ether oxygens (including phenoxy) is 3. The summed E-state index contributed by atoms with van der Waals surface area (Å²) in [6.45, 7) is 0.741. The minimum absolute atomic E-state index is 0.114. The lowest BCUT2D eigenvalue weighted by Crippen LogP contribution is -2.33. The molecule has 0 unspecified atom stereocenters. The van der Waals surface area contributed by atoms with Crippen molar-refractivity contribution in [3.8, 4) is 17.2 Å². The summed E-state index contributed by atoms with van der Waals surface area (Å²) in [6.07, 6.45) is 1.59. The molecule has 0 saturated carbocycles. The van der Waals surface area contributed by atoms with Gasteiger partial charge in [-0.1, -0.05) is 17.7 Å². The second-order valence-corrected chi connectivity index (χ2v) is 8.98. The summed E-state index contributed by atoms with van der Waals surface area (Å²) in [7, 11) is -0.561. The molecule has 0 bridgehead atoms. The number of anilines is 1. The monoisotopic (exact) mass is 470 g/mol. The van der Waals surface area contributed by atoms with Crippen LogP contribution in [0.25, 0.3) is 0 Å². The average molecular weight is 471 g/mol. The number of hydrogen-bond donors (Lipinski definition) is 1. The molecule has 0 radical (unpaired) electrons. The molecule has 0 aliphatic heterocycles. The van der Waals surface area contributed by atoms with Gasteiger partial charge in [0, 0.05) is 24.1 Å². The zero-order valence-corrected chi connectivity index (χ0v) is 19.3. The molecular weight excluding hydrogens is 444 g/mol. The van der Waals surface area contributed by atoms with Gasteiger partial charge in [0.25, 0.3) is 0 Å². The van der Waals surface area contributed by atoms with Crippen molar-refractivity contribution in [2.75, 3.05) is 44.5 Å². The van der Waals surface area contributed by atoms with E-state index >= 15 is 0 Å². The Balaban J connectivity index is 1.83. The minimum Gasteiger partial charge on any atom is -0.497 e. The largest absolute Gasteiger partial charge is 0.497 e. The second kappa shape index (κ2) is 11.7. The van der Waals surface area contributed by atoms with Gasteiger partial charge in [0.15, 0.2) is 0 Å². The van der Waals surface area contributed by atoms with Gasteiger partial charge in [0.2, 0.25) is 15.9 Å². The summed E-state index contributed by atoms with van der Waals surface area (Å²) < 4.78 is 41.7. The molecule has 2 rings (SSSR count). The van der Waals surface area contributed by atoms with Crippen molar-refractivity contribution < 1.29 is 27.4 Å². The van der Waals surface area contributed by atoms with E-state index < -0.39 is 10.0 Å². The van der Waals surface area contributed by atoms with Gasteiger partial charge in [-0.05, 0) is 36.8 Å². The van der Waals surface area contributed by atoms with Crippen LogP contribution in [0.4, 0.5) is 5.69 Å². The minimum atomic E-state index is -3.59. The smallest absolute Gasteiger partial charge is 0.232 e. The third-order valence-corrected chi connectivity index (χ3v) is 5.72. The van der Waals surface area contributed by atoms with Gasteiger partial charge in [-0.15, -0.1) is 0 Å². The maximum Gasteiger partial charge on any atom is 0.232 e. The molecule has 0 aromatic heterocycles. The number of nitrogens with one attached hydrogen (secondary N) is 1. The van der Waals surface area contributed by atoms with Crippen LogP contribution < -0.4 is 23.8 Å². The molecular formula is C21H27ClN2O6S. The van der Waals surface area contributed by atoms with E-state index in [0.717, 1.165) is 6.26 Å². The topological polar surface area (TPSA) is 94.2 Å². The molecule has 0 aliphatic rings. The molecule has 0 heterocycles. The van der Waals surface area contributed by atoms with Gasteiger partial charge >= 0.3 is 0 Å². The Kier molecular flexibility index (Phi) is 9.26. The predicted molar refractivity (Wildman–Crippen MR) is 121 cm³/mol. The summed E-state index contributed by atoms with van der Waals surface area (Å²) in [5.41, 5.74) is 0.338. The standard InChI is InChI=1S/C21H27ClN2O6S/c1-28-17-6-4-7-18(15-17)30-13-11-23-21(25)8-5-12-24(31(3,26)27)19-14-16(22)9-10-20(19)29-2/h4,6-7,9-10,14-15H,5,8,11-13H2,1-3H3,(H,23,25). The second-order valence-electron chi connectivity index (χ2n) is 6.63. The summed E-state index contributed by atoms with van der Waals surface area (Å²) in [4.78, 5) is 12.1. The molecule has 0 aliphatic carbocycles. The predicted octanol–water partition coefficient (Wildman–Crippen LogP) is 3.10. The molecule has 1 N–H and O–H groups in total. The first-order valence-corrected chi connectivity index (χ1v) is 11.8. The third-order valence-electron chi connectivity index (χ3n) is 4.31. The van der Waals surface area contributed by atoms with Crippen LogP contribution in [-0.2, 0) is 14.8 Å². The zero-order chi connectivity index (χ0) is 22.9. The maximum atomic E-state index is 12.3. The molecule has 1 amide bonds. The fourth-order valence-electron chi connectivity index (χ4n) is 2.84. The van der Waals surface area contributed by atoms with Crippen molar-refractivity contribution in [1.82, 2.24) is 5.32 Å². The van der Waals surface area contributed by atoms with E-state index in [9.17, 15) is 13.2 Å². The molecule has 10 heteroatoms. The molecule has 0 spiro atoms. The fourth-order valence-corrected chi connectivity index (χ4v) is 3.97. The molecule has 170 valence electrons. The highest BCUT2D eigenvalue weighted by atomic mass is 35.5. The number of methoxy groups -OCH3 is 2. The Labute approximate surface area is 188 Å². The van der Waals surface area contributed by atoms with Crippen molar-refractivity contribution in [2.45, 2.75) is 12.8 Å². The van der Waals surface area contributed by atoms with E-state index in [1.807, 2.05) is 12.1 Å². The highest BCUT2D eigenvalue weighted by Crippen LogP contribution is 2.33. The van der Waals surface area contributed by atoms with Crippen LogP contribution >= 0.6 is 11.6 Å². The quantitative estimate of drug-likeness (QED) is 0.479. The highest BCUT2D eigenvalue weighted by molar-refractivity contribution is 7.92. The molecule has 0 fully saturated rings. The number of benzene rings is 2. The maximum absolute atomic E-state index is 12.3. The Morgan fingerprint density at radius 2 is 1.84 bits per heavy atom. The lowest BCUT2D eigenvalue weighted by molar-refractivity contribution is -0.121. The van der Waals surface area contributed by atoms with E-state index in [1.165, 1.54) is 17.5 Å². The first kappa shape index (κ1) is 24.6. The SMILES string of the molecule is COc1cccc(OCCNC(=O)CCCN(c2cc(Cl)ccc2OC)S(C)(=O)=O)c1. The number of sulfonamides is 1. The van der Waals surface area contributed by atoms with Crippen LogP contribution in [0.2, 0.25) is 5.02 Å². The Hall–Kier alpha value is -2.65. The van der Waals surface area contributed by atoms with E-state index in [0.29, 0.717) is 47.5 Å². The summed E-state index contributed by atoms with van der Waals surface area (Å²) in [5.74, 6) is 1.52.